The average molecular weight is 232 g/mol. The Morgan fingerprint density at radius 2 is 1.80 bits per heavy atom. The van der Waals surface area contributed by atoms with Crippen molar-refractivity contribution in [1.29, 1.82) is 0 Å². The van der Waals surface area contributed by atoms with Gasteiger partial charge in [-0.05, 0) is 25.5 Å². The molecule has 0 N–H and O–H groups in total. The Labute approximate surface area is 94.0 Å². The molecule has 5 heteroatoms. The number of hydrogen-bond donors (Lipinski definition) is 0. The molecular formula is C10H20O4Si. The van der Waals surface area contributed by atoms with Crippen molar-refractivity contribution in [2.75, 3.05) is 21.3 Å². The van der Waals surface area contributed by atoms with E-state index in [2.05, 4.69) is 0 Å². The number of hydrogen-bond acceptors (Lipinski definition) is 4. The van der Waals surface area contributed by atoms with Crippen molar-refractivity contribution >= 4 is 15.6 Å². The summed E-state index contributed by atoms with van der Waals surface area (Å²) in [6.45, 7) is 3.58. The quantitative estimate of drug-likeness (QED) is 0.363. The first-order chi connectivity index (χ1) is 6.93. The summed E-state index contributed by atoms with van der Waals surface area (Å²) in [6.07, 6.45) is 1.39. The Bertz CT molecular complexity index is 246. The fourth-order valence-electron chi connectivity index (χ4n) is 1.22. The van der Waals surface area contributed by atoms with E-state index in [1.807, 2.05) is 6.92 Å². The molecule has 1 atom stereocenters. The Balaban J connectivity index is 5.11. The lowest BCUT2D eigenvalue weighted by atomic mass is 10.1. The molecule has 0 aromatic rings. The van der Waals surface area contributed by atoms with E-state index >= 15 is 0 Å². The fraction of sp³-hybridized carbons (Fsp3) is 0.700. The van der Waals surface area contributed by atoms with Crippen LogP contribution in [0.15, 0.2) is 11.6 Å². The SMILES string of the molecule is COC(C)C(C=C(C)C(=O)[SiH3])(OC)OC. The van der Waals surface area contributed by atoms with E-state index in [-0.39, 0.29) is 11.5 Å². The molecule has 0 saturated heterocycles. The number of methoxy groups -OCH3 is 3. The zero-order valence-electron chi connectivity index (χ0n) is 10.3. The third-order valence-electron chi connectivity index (χ3n) is 2.53. The van der Waals surface area contributed by atoms with Crippen molar-refractivity contribution in [1.82, 2.24) is 0 Å². The summed E-state index contributed by atoms with van der Waals surface area (Å²) in [5, 5.41) is 0.122. The molecule has 0 saturated carbocycles. The van der Waals surface area contributed by atoms with Gasteiger partial charge >= 0.3 is 0 Å². The van der Waals surface area contributed by atoms with Crippen molar-refractivity contribution in [3.05, 3.63) is 11.6 Å². The Kier molecular flexibility index (Phi) is 5.97. The fourth-order valence-corrected chi connectivity index (χ4v) is 1.36. The highest BCUT2D eigenvalue weighted by atomic mass is 28.1. The first-order valence-electron chi connectivity index (χ1n) is 4.77. The van der Waals surface area contributed by atoms with Gasteiger partial charge in [0.25, 0.3) is 0 Å². The van der Waals surface area contributed by atoms with Crippen molar-refractivity contribution in [3.8, 4) is 0 Å². The minimum Gasteiger partial charge on any atom is -0.376 e. The summed E-state index contributed by atoms with van der Waals surface area (Å²) in [7, 11) is 5.12. The van der Waals surface area contributed by atoms with Crippen LogP contribution in [-0.2, 0) is 19.0 Å². The molecule has 0 heterocycles. The van der Waals surface area contributed by atoms with Crippen LogP contribution >= 0.6 is 0 Å². The van der Waals surface area contributed by atoms with Crippen LogP contribution in [0.2, 0.25) is 0 Å². The van der Waals surface area contributed by atoms with E-state index in [9.17, 15) is 4.79 Å². The standard InChI is InChI=1S/C10H20O4Si/c1-7(9(11)15)6-10(13-4,14-5)8(2)12-3/h6,8H,1-5,15H3. The van der Waals surface area contributed by atoms with Crippen molar-refractivity contribution in [2.45, 2.75) is 25.7 Å². The molecule has 0 amide bonds. The average Bonchev–Trinajstić information content (AvgIpc) is 2.24. The van der Waals surface area contributed by atoms with Crippen LogP contribution in [0.3, 0.4) is 0 Å². The van der Waals surface area contributed by atoms with E-state index in [0.717, 1.165) is 0 Å². The summed E-state index contributed by atoms with van der Waals surface area (Å²) in [4.78, 5) is 11.2. The van der Waals surface area contributed by atoms with Crippen LogP contribution in [0, 0.1) is 0 Å². The van der Waals surface area contributed by atoms with Gasteiger partial charge in [0.2, 0.25) is 5.79 Å². The third kappa shape index (κ3) is 3.53. The van der Waals surface area contributed by atoms with Crippen LogP contribution in [0.5, 0.6) is 0 Å². The highest BCUT2D eigenvalue weighted by Gasteiger charge is 2.35. The van der Waals surface area contributed by atoms with Crippen molar-refractivity contribution < 1.29 is 19.0 Å². The summed E-state index contributed by atoms with van der Waals surface area (Å²) < 4.78 is 15.8. The molecule has 0 radical (unpaired) electrons. The molecule has 0 aromatic heterocycles. The van der Waals surface area contributed by atoms with Crippen molar-refractivity contribution in [2.24, 2.45) is 0 Å². The van der Waals surface area contributed by atoms with Gasteiger partial charge in [-0.2, -0.15) is 0 Å². The predicted molar refractivity (Wildman–Crippen MR) is 61.9 cm³/mol. The molecule has 0 aromatic carbocycles. The first-order valence-corrected chi connectivity index (χ1v) is 5.77. The highest BCUT2D eigenvalue weighted by molar-refractivity contribution is 6.62. The molecule has 0 aliphatic heterocycles. The van der Waals surface area contributed by atoms with Gasteiger partial charge in [0, 0.05) is 21.3 Å². The predicted octanol–water partition coefficient (Wildman–Crippen LogP) is -0.151. The lowest BCUT2D eigenvalue weighted by Crippen LogP contribution is -2.44. The van der Waals surface area contributed by atoms with E-state index in [1.165, 1.54) is 14.2 Å². The lowest BCUT2D eigenvalue weighted by molar-refractivity contribution is -0.228. The van der Waals surface area contributed by atoms with Gasteiger partial charge in [0.05, 0.1) is 10.2 Å². The van der Waals surface area contributed by atoms with E-state index < -0.39 is 5.79 Å². The maximum absolute atomic E-state index is 11.2. The van der Waals surface area contributed by atoms with Crippen LogP contribution in [0.25, 0.3) is 0 Å². The number of rotatable bonds is 6. The Morgan fingerprint density at radius 1 is 1.33 bits per heavy atom. The maximum atomic E-state index is 11.2. The second-order valence-corrected chi connectivity index (χ2v) is 4.30. The molecule has 0 bridgehead atoms. The van der Waals surface area contributed by atoms with Gasteiger partial charge in [0.15, 0.2) is 0 Å². The molecule has 1 unspecified atom stereocenters. The summed E-state index contributed by atoms with van der Waals surface area (Å²) >= 11 is 0. The van der Waals surface area contributed by atoms with E-state index in [0.29, 0.717) is 15.8 Å². The maximum Gasteiger partial charge on any atom is 0.214 e. The smallest absolute Gasteiger partial charge is 0.214 e. The summed E-state index contributed by atoms with van der Waals surface area (Å²) in [6, 6.07) is 0. The number of allylic oxidation sites excluding steroid dienone is 1. The van der Waals surface area contributed by atoms with Crippen LogP contribution in [0.4, 0.5) is 0 Å². The van der Waals surface area contributed by atoms with Gasteiger partial charge in [-0.3, -0.25) is 0 Å². The van der Waals surface area contributed by atoms with E-state index in [1.54, 1.807) is 20.1 Å². The van der Waals surface area contributed by atoms with E-state index in [4.69, 9.17) is 14.2 Å². The molecular weight excluding hydrogens is 212 g/mol. The van der Waals surface area contributed by atoms with Crippen LogP contribution in [-0.4, -0.2) is 48.9 Å². The topological polar surface area (TPSA) is 44.8 Å². The largest absolute Gasteiger partial charge is 0.376 e. The zero-order valence-corrected chi connectivity index (χ0v) is 12.3. The molecule has 0 fully saturated rings. The number of carbonyl (C=O) groups is 1. The summed E-state index contributed by atoms with van der Waals surface area (Å²) in [5.41, 5.74) is 0.647. The monoisotopic (exact) mass is 232 g/mol. The normalized spacial score (nSPS) is 15.4. The first kappa shape index (κ1) is 14.5. The molecule has 15 heavy (non-hydrogen) atoms. The van der Waals surface area contributed by atoms with Gasteiger partial charge in [-0.25, -0.2) is 0 Å². The molecule has 88 valence electrons. The van der Waals surface area contributed by atoms with Gasteiger partial charge in [-0.15, -0.1) is 0 Å². The lowest BCUT2D eigenvalue weighted by Gasteiger charge is -2.33. The van der Waals surface area contributed by atoms with Crippen LogP contribution in [0.1, 0.15) is 13.8 Å². The second kappa shape index (κ2) is 6.17. The molecule has 0 rings (SSSR count). The van der Waals surface area contributed by atoms with Gasteiger partial charge < -0.3 is 19.0 Å². The Morgan fingerprint density at radius 3 is 2.07 bits per heavy atom. The molecule has 0 aliphatic carbocycles. The number of ether oxygens (including phenoxy) is 3. The minimum atomic E-state index is -0.987. The summed E-state index contributed by atoms with van der Waals surface area (Å²) in [5.74, 6) is -0.987. The van der Waals surface area contributed by atoms with Crippen molar-refractivity contribution in [3.63, 3.8) is 0 Å². The molecule has 0 aliphatic rings. The highest BCUT2D eigenvalue weighted by Crippen LogP contribution is 2.22. The minimum absolute atomic E-state index is 0.122. The Hall–Kier alpha value is -0.493. The van der Waals surface area contributed by atoms with Crippen LogP contribution < -0.4 is 0 Å². The molecule has 0 spiro atoms. The third-order valence-corrected chi connectivity index (χ3v) is 3.32. The van der Waals surface area contributed by atoms with Gasteiger partial charge in [0.1, 0.15) is 11.5 Å². The van der Waals surface area contributed by atoms with Gasteiger partial charge in [-0.1, -0.05) is 0 Å². The second-order valence-electron chi connectivity index (χ2n) is 3.39. The zero-order chi connectivity index (χ0) is 12.1. The molecule has 4 nitrogen and oxygen atoms in total. The number of carbonyl (C=O) groups excluding carboxylic acids is 1.